The Morgan fingerprint density at radius 3 is 2.41 bits per heavy atom. The molecule has 1 aliphatic rings. The summed E-state index contributed by atoms with van der Waals surface area (Å²) in [6, 6.07) is 7.51. The van der Waals surface area contributed by atoms with Crippen LogP contribution in [0.15, 0.2) is 36.0 Å². The summed E-state index contributed by atoms with van der Waals surface area (Å²) in [6.07, 6.45) is 3.41. The lowest BCUT2D eigenvalue weighted by atomic mass is 9.85. The number of nitrogens with zero attached hydrogens (tertiary/aromatic N) is 2. The van der Waals surface area contributed by atoms with E-state index in [0.29, 0.717) is 13.0 Å². The Labute approximate surface area is 195 Å². The largest absolute Gasteiger partial charge is 0.348 e. The van der Waals surface area contributed by atoms with Gasteiger partial charge in [-0.1, -0.05) is 58.9 Å². The van der Waals surface area contributed by atoms with Gasteiger partial charge in [0.1, 0.15) is 6.04 Å². The summed E-state index contributed by atoms with van der Waals surface area (Å²) in [6.45, 7) is 12.9. The van der Waals surface area contributed by atoms with E-state index in [1.54, 1.807) is 16.2 Å². The van der Waals surface area contributed by atoms with Crippen LogP contribution in [-0.4, -0.2) is 46.4 Å². The van der Waals surface area contributed by atoms with Crippen molar-refractivity contribution in [3.8, 4) is 10.4 Å². The number of rotatable bonds is 7. The number of benzene rings is 1. The van der Waals surface area contributed by atoms with Gasteiger partial charge in [0.05, 0.1) is 22.5 Å². The predicted octanol–water partition coefficient (Wildman–Crippen LogP) is 4.39. The van der Waals surface area contributed by atoms with Gasteiger partial charge in [-0.05, 0) is 36.3 Å². The highest BCUT2D eigenvalue weighted by molar-refractivity contribution is 7.13. The fraction of sp³-hybridized carbons (Fsp3) is 0.560. The molecule has 0 aliphatic carbocycles. The Hall–Kier alpha value is -2.25. The monoisotopic (exact) mass is 456 g/mol. The Morgan fingerprint density at radius 2 is 1.84 bits per heavy atom. The molecule has 0 saturated carbocycles. The average molecular weight is 457 g/mol. The molecule has 1 saturated heterocycles. The fourth-order valence-corrected chi connectivity index (χ4v) is 4.81. The van der Waals surface area contributed by atoms with Gasteiger partial charge in [-0.2, -0.15) is 0 Å². The second kappa shape index (κ2) is 10.1. The number of nitrogens with one attached hydrogen (secondary N) is 2. The number of hydrogen-bond acceptors (Lipinski definition) is 5. The minimum atomic E-state index is -0.416. The summed E-state index contributed by atoms with van der Waals surface area (Å²) in [5, 5.41) is 6.55. The molecular weight excluding hydrogens is 420 g/mol. The molecule has 3 atom stereocenters. The molecule has 0 spiro atoms. The lowest BCUT2D eigenvalue weighted by Crippen LogP contribution is -2.57. The molecule has 7 heteroatoms. The van der Waals surface area contributed by atoms with Gasteiger partial charge in [-0.3, -0.25) is 14.6 Å². The van der Waals surface area contributed by atoms with E-state index in [0.717, 1.165) is 22.4 Å². The van der Waals surface area contributed by atoms with Crippen LogP contribution in [0.4, 0.5) is 0 Å². The zero-order chi connectivity index (χ0) is 23.5. The molecule has 1 aliphatic heterocycles. The van der Waals surface area contributed by atoms with E-state index < -0.39 is 6.04 Å². The molecule has 6 nitrogen and oxygen atoms in total. The second-order valence-corrected chi connectivity index (χ2v) is 10.9. The van der Waals surface area contributed by atoms with Crippen LogP contribution in [0, 0.1) is 5.41 Å². The van der Waals surface area contributed by atoms with E-state index in [9.17, 15) is 9.59 Å². The van der Waals surface area contributed by atoms with Crippen molar-refractivity contribution in [1.82, 2.24) is 20.5 Å². The number of likely N-dealkylation sites (tertiary alicyclic amines) is 1. The molecule has 32 heavy (non-hydrogen) atoms. The van der Waals surface area contributed by atoms with Gasteiger partial charge in [0, 0.05) is 18.8 Å². The van der Waals surface area contributed by atoms with Gasteiger partial charge in [0.15, 0.2) is 0 Å². The summed E-state index contributed by atoms with van der Waals surface area (Å²) in [5.74, 6) is -0.0579. The molecule has 0 bridgehead atoms. The summed E-state index contributed by atoms with van der Waals surface area (Å²) < 4.78 is 0. The first-order valence-electron chi connectivity index (χ1n) is 11.4. The summed E-state index contributed by atoms with van der Waals surface area (Å²) in [7, 11) is 0. The van der Waals surface area contributed by atoms with Crippen molar-refractivity contribution in [3.63, 3.8) is 0 Å². The molecule has 1 fully saturated rings. The fourth-order valence-electron chi connectivity index (χ4n) is 4.18. The number of carbonyl (C=O) groups excluding carboxylic acids is 2. The Kier molecular flexibility index (Phi) is 7.72. The first kappa shape index (κ1) is 24.4. The average Bonchev–Trinajstić information content (AvgIpc) is 3.42. The van der Waals surface area contributed by atoms with Crippen LogP contribution in [0.3, 0.4) is 0 Å². The summed E-state index contributed by atoms with van der Waals surface area (Å²) in [5.41, 5.74) is 3.74. The molecule has 174 valence electrons. The standard InChI is InChI=1S/C25H36N4O2S/c1-16(2)27-22(25(4,5)6)24(31)29-13-7-8-20(29)23(30)28-17(3)18-9-11-19(12-10-18)21-14-26-15-32-21/h9-12,14-17,20,22,27H,7-8,13H2,1-6H3,(H,28,30). The van der Waals surface area contributed by atoms with Gasteiger partial charge in [-0.25, -0.2) is 0 Å². The van der Waals surface area contributed by atoms with Crippen LogP contribution in [0.5, 0.6) is 0 Å². The SMILES string of the molecule is CC(C)NC(C(=O)N1CCCC1C(=O)NC(C)c1ccc(-c2cncs2)cc1)C(C)(C)C. The third-order valence-corrected chi connectivity index (χ3v) is 6.76. The van der Waals surface area contributed by atoms with E-state index >= 15 is 0 Å². The third kappa shape index (κ3) is 5.75. The van der Waals surface area contributed by atoms with Gasteiger partial charge in [-0.15, -0.1) is 11.3 Å². The number of aromatic nitrogens is 1. The highest BCUT2D eigenvalue weighted by Gasteiger charge is 2.41. The zero-order valence-electron chi connectivity index (χ0n) is 20.0. The van der Waals surface area contributed by atoms with Crippen molar-refractivity contribution < 1.29 is 9.59 Å². The molecule has 3 unspecified atom stereocenters. The highest BCUT2D eigenvalue weighted by Crippen LogP contribution is 2.28. The summed E-state index contributed by atoms with van der Waals surface area (Å²) >= 11 is 1.60. The predicted molar refractivity (Wildman–Crippen MR) is 130 cm³/mol. The molecule has 0 radical (unpaired) electrons. The maximum absolute atomic E-state index is 13.4. The van der Waals surface area contributed by atoms with Crippen LogP contribution >= 0.6 is 11.3 Å². The van der Waals surface area contributed by atoms with E-state index in [4.69, 9.17) is 0 Å². The molecule has 2 amide bonds. The normalized spacial score (nSPS) is 18.6. The quantitative estimate of drug-likeness (QED) is 0.648. The smallest absolute Gasteiger partial charge is 0.243 e. The second-order valence-electron chi connectivity index (χ2n) is 10.0. The van der Waals surface area contributed by atoms with Crippen molar-refractivity contribution in [2.75, 3.05) is 6.54 Å². The minimum absolute atomic E-state index is 0.0189. The van der Waals surface area contributed by atoms with Crippen LogP contribution in [0.2, 0.25) is 0 Å². The molecule has 3 rings (SSSR count). The van der Waals surface area contributed by atoms with E-state index in [2.05, 4.69) is 48.5 Å². The van der Waals surface area contributed by atoms with Crippen molar-refractivity contribution >= 4 is 23.2 Å². The van der Waals surface area contributed by atoms with Gasteiger partial charge in [0.25, 0.3) is 0 Å². The van der Waals surface area contributed by atoms with Gasteiger partial charge >= 0.3 is 0 Å². The Balaban J connectivity index is 1.67. The summed E-state index contributed by atoms with van der Waals surface area (Å²) in [4.78, 5) is 33.6. The highest BCUT2D eigenvalue weighted by atomic mass is 32.1. The van der Waals surface area contributed by atoms with E-state index in [-0.39, 0.29) is 35.4 Å². The topological polar surface area (TPSA) is 74.3 Å². The van der Waals surface area contributed by atoms with Crippen LogP contribution in [0.1, 0.15) is 66.0 Å². The number of carbonyl (C=O) groups is 2. The number of thiazole rings is 1. The van der Waals surface area contributed by atoms with Crippen LogP contribution in [-0.2, 0) is 9.59 Å². The number of amides is 2. The van der Waals surface area contributed by atoms with E-state index in [1.165, 1.54) is 0 Å². The van der Waals surface area contributed by atoms with Crippen LogP contribution in [0.25, 0.3) is 10.4 Å². The van der Waals surface area contributed by atoms with Gasteiger partial charge < -0.3 is 15.5 Å². The van der Waals surface area contributed by atoms with Gasteiger partial charge in [0.2, 0.25) is 11.8 Å². The maximum atomic E-state index is 13.4. The Morgan fingerprint density at radius 1 is 1.16 bits per heavy atom. The van der Waals surface area contributed by atoms with Crippen molar-refractivity contribution in [2.45, 2.75) is 78.6 Å². The molecule has 1 aromatic heterocycles. The van der Waals surface area contributed by atoms with E-state index in [1.807, 2.05) is 44.6 Å². The molecule has 1 aromatic carbocycles. The van der Waals surface area contributed by atoms with Crippen LogP contribution < -0.4 is 10.6 Å². The van der Waals surface area contributed by atoms with Crippen molar-refractivity contribution in [3.05, 3.63) is 41.5 Å². The first-order chi connectivity index (χ1) is 15.1. The lowest BCUT2D eigenvalue weighted by molar-refractivity contribution is -0.142. The molecular formula is C25H36N4O2S. The van der Waals surface area contributed by atoms with Crippen molar-refractivity contribution in [1.29, 1.82) is 0 Å². The lowest BCUT2D eigenvalue weighted by Gasteiger charge is -2.36. The zero-order valence-corrected chi connectivity index (χ0v) is 20.8. The molecule has 2 N–H and O–H groups in total. The Bertz CT molecular complexity index is 903. The minimum Gasteiger partial charge on any atom is -0.348 e. The molecule has 2 aromatic rings. The molecule has 2 heterocycles. The van der Waals surface area contributed by atoms with Crippen molar-refractivity contribution in [2.24, 2.45) is 5.41 Å². The first-order valence-corrected chi connectivity index (χ1v) is 12.3. The third-order valence-electron chi connectivity index (χ3n) is 5.94. The maximum Gasteiger partial charge on any atom is 0.243 e. The number of hydrogen-bond donors (Lipinski definition) is 2.